The van der Waals surface area contributed by atoms with E-state index in [1.54, 1.807) is 5.57 Å². The van der Waals surface area contributed by atoms with E-state index in [1.165, 1.54) is 50.5 Å². The molecule has 0 saturated heterocycles. The summed E-state index contributed by atoms with van der Waals surface area (Å²) in [5.41, 5.74) is 2.88. The van der Waals surface area contributed by atoms with Crippen molar-refractivity contribution in [3.8, 4) is 0 Å². The van der Waals surface area contributed by atoms with E-state index in [-0.39, 0.29) is 0 Å². The number of rotatable bonds is 0. The van der Waals surface area contributed by atoms with Crippen molar-refractivity contribution in [3.05, 3.63) is 11.1 Å². The van der Waals surface area contributed by atoms with Gasteiger partial charge >= 0.3 is 0 Å². The third kappa shape index (κ3) is 1.83. The van der Waals surface area contributed by atoms with Crippen LogP contribution >= 0.6 is 0 Å². The molecule has 2 N–H and O–H groups in total. The van der Waals surface area contributed by atoms with Crippen molar-refractivity contribution in [3.63, 3.8) is 0 Å². The summed E-state index contributed by atoms with van der Waals surface area (Å²) in [5, 5.41) is 20.5. The molecular weight excluding hydrogens is 236 g/mol. The number of hydrogen-bond acceptors (Lipinski definition) is 2. The molecule has 4 aliphatic rings. The standard InChI is InChI=1S/C17H26O2/c18-15-9-6-11-5-7-13-12-3-1-2-10(12)4-8-14(13)16(11)17(15)19/h10-13,15,17-19H,1-9H2. The molecule has 6 atom stereocenters. The lowest BCUT2D eigenvalue weighted by Crippen LogP contribution is -2.42. The molecule has 0 aromatic heterocycles. The molecule has 19 heavy (non-hydrogen) atoms. The third-order valence-corrected chi connectivity index (χ3v) is 6.60. The molecule has 0 aromatic carbocycles. The Morgan fingerprint density at radius 2 is 1.68 bits per heavy atom. The lowest BCUT2D eigenvalue weighted by atomic mass is 9.60. The van der Waals surface area contributed by atoms with Crippen molar-refractivity contribution in [1.82, 2.24) is 0 Å². The monoisotopic (exact) mass is 262 g/mol. The van der Waals surface area contributed by atoms with Crippen LogP contribution in [0.3, 0.4) is 0 Å². The van der Waals surface area contributed by atoms with Crippen LogP contribution < -0.4 is 0 Å². The molecule has 106 valence electrons. The first kappa shape index (κ1) is 12.4. The smallest absolute Gasteiger partial charge is 0.101 e. The van der Waals surface area contributed by atoms with Gasteiger partial charge in [0.05, 0.1) is 6.10 Å². The largest absolute Gasteiger partial charge is 0.390 e. The molecule has 2 heteroatoms. The van der Waals surface area contributed by atoms with Gasteiger partial charge in [0.2, 0.25) is 0 Å². The minimum atomic E-state index is -0.547. The fourth-order valence-electron chi connectivity index (χ4n) is 5.75. The molecule has 0 bridgehead atoms. The van der Waals surface area contributed by atoms with Crippen molar-refractivity contribution < 1.29 is 10.2 Å². The molecule has 0 spiro atoms. The average Bonchev–Trinajstić information content (AvgIpc) is 2.90. The average molecular weight is 262 g/mol. The van der Waals surface area contributed by atoms with Crippen LogP contribution in [0.5, 0.6) is 0 Å². The Morgan fingerprint density at radius 3 is 2.58 bits per heavy atom. The highest BCUT2D eigenvalue weighted by Crippen LogP contribution is 2.55. The second kappa shape index (κ2) is 4.60. The Kier molecular flexibility index (Phi) is 3.00. The second-order valence-corrected chi connectivity index (χ2v) is 7.34. The summed E-state index contributed by atoms with van der Waals surface area (Å²) in [6.07, 6.45) is 10.3. The van der Waals surface area contributed by atoms with E-state index >= 15 is 0 Å². The Labute approximate surface area is 115 Å². The van der Waals surface area contributed by atoms with Gasteiger partial charge in [0.25, 0.3) is 0 Å². The highest BCUT2D eigenvalue weighted by Gasteiger charge is 2.45. The molecule has 4 aliphatic carbocycles. The number of allylic oxidation sites excluding steroid dienone is 1. The fraction of sp³-hybridized carbons (Fsp3) is 0.882. The van der Waals surface area contributed by atoms with E-state index in [0.717, 1.165) is 30.6 Å². The summed E-state index contributed by atoms with van der Waals surface area (Å²) >= 11 is 0. The molecule has 0 heterocycles. The highest BCUT2D eigenvalue weighted by atomic mass is 16.3. The zero-order chi connectivity index (χ0) is 13.0. The maximum absolute atomic E-state index is 10.4. The van der Waals surface area contributed by atoms with E-state index in [4.69, 9.17) is 0 Å². The van der Waals surface area contributed by atoms with Gasteiger partial charge in [-0.3, -0.25) is 0 Å². The van der Waals surface area contributed by atoms with Crippen LogP contribution in [0.4, 0.5) is 0 Å². The van der Waals surface area contributed by atoms with Crippen molar-refractivity contribution in [1.29, 1.82) is 0 Å². The highest BCUT2D eigenvalue weighted by molar-refractivity contribution is 5.31. The Hall–Kier alpha value is -0.340. The summed E-state index contributed by atoms with van der Waals surface area (Å²) in [4.78, 5) is 0. The van der Waals surface area contributed by atoms with Crippen LogP contribution in [0, 0.1) is 23.7 Å². The lowest BCUT2D eigenvalue weighted by Gasteiger charge is -2.46. The number of aliphatic hydroxyl groups excluding tert-OH is 2. The lowest BCUT2D eigenvalue weighted by molar-refractivity contribution is 0.00240. The van der Waals surface area contributed by atoms with Gasteiger partial charge < -0.3 is 10.2 Å². The molecule has 0 amide bonds. The first-order valence-corrected chi connectivity index (χ1v) is 8.34. The van der Waals surface area contributed by atoms with Crippen molar-refractivity contribution in [2.75, 3.05) is 0 Å². The maximum Gasteiger partial charge on any atom is 0.101 e. The number of fused-ring (bicyclic) bond motifs is 4. The van der Waals surface area contributed by atoms with Crippen molar-refractivity contribution >= 4 is 0 Å². The normalized spacial score (nSPS) is 49.6. The van der Waals surface area contributed by atoms with E-state index < -0.39 is 12.2 Å². The van der Waals surface area contributed by atoms with Gasteiger partial charge in [-0.1, -0.05) is 18.4 Å². The summed E-state index contributed by atoms with van der Waals surface area (Å²) in [7, 11) is 0. The van der Waals surface area contributed by atoms with Gasteiger partial charge in [-0.15, -0.1) is 0 Å². The van der Waals surface area contributed by atoms with Crippen molar-refractivity contribution in [2.24, 2.45) is 23.7 Å². The quantitative estimate of drug-likeness (QED) is 0.659. The predicted molar refractivity (Wildman–Crippen MR) is 74.6 cm³/mol. The molecule has 0 aliphatic heterocycles. The van der Waals surface area contributed by atoms with Gasteiger partial charge in [0.1, 0.15) is 6.10 Å². The Bertz CT molecular complexity index is 400. The zero-order valence-electron chi connectivity index (χ0n) is 11.7. The van der Waals surface area contributed by atoms with Crippen LogP contribution in [0.15, 0.2) is 11.1 Å². The molecule has 3 saturated carbocycles. The van der Waals surface area contributed by atoms with E-state index in [0.29, 0.717) is 5.92 Å². The van der Waals surface area contributed by atoms with Gasteiger partial charge in [-0.2, -0.15) is 0 Å². The Morgan fingerprint density at radius 1 is 0.842 bits per heavy atom. The van der Waals surface area contributed by atoms with Crippen LogP contribution in [0.1, 0.15) is 57.8 Å². The topological polar surface area (TPSA) is 40.5 Å². The molecule has 0 aromatic rings. The third-order valence-electron chi connectivity index (χ3n) is 6.60. The Balaban J connectivity index is 1.71. The minimum Gasteiger partial charge on any atom is -0.390 e. The maximum atomic E-state index is 10.4. The summed E-state index contributed by atoms with van der Waals surface area (Å²) in [6, 6.07) is 0. The molecule has 4 rings (SSSR count). The van der Waals surface area contributed by atoms with Gasteiger partial charge in [-0.05, 0) is 74.2 Å². The SMILES string of the molecule is OC1CCC2CCC3C(=C2C1O)CCC1CCCC13. The van der Waals surface area contributed by atoms with Crippen LogP contribution in [-0.4, -0.2) is 22.4 Å². The van der Waals surface area contributed by atoms with Crippen LogP contribution in [0.25, 0.3) is 0 Å². The first-order chi connectivity index (χ1) is 9.25. The van der Waals surface area contributed by atoms with Crippen molar-refractivity contribution in [2.45, 2.75) is 70.0 Å². The number of hydrogen-bond donors (Lipinski definition) is 2. The van der Waals surface area contributed by atoms with E-state index in [1.807, 2.05) is 0 Å². The summed E-state index contributed by atoms with van der Waals surface area (Å²) < 4.78 is 0. The predicted octanol–water partition coefficient (Wildman–Crippen LogP) is 3.03. The molecule has 3 fully saturated rings. The van der Waals surface area contributed by atoms with Gasteiger partial charge in [-0.25, -0.2) is 0 Å². The fourth-order valence-corrected chi connectivity index (χ4v) is 5.75. The minimum absolute atomic E-state index is 0.501. The summed E-state index contributed by atoms with van der Waals surface area (Å²) in [6.45, 7) is 0. The van der Waals surface area contributed by atoms with Gasteiger partial charge in [0.15, 0.2) is 0 Å². The van der Waals surface area contributed by atoms with E-state index in [9.17, 15) is 10.2 Å². The van der Waals surface area contributed by atoms with E-state index in [2.05, 4.69) is 0 Å². The van der Waals surface area contributed by atoms with Gasteiger partial charge in [0, 0.05) is 0 Å². The summed E-state index contributed by atoms with van der Waals surface area (Å²) in [5.74, 6) is 3.22. The van der Waals surface area contributed by atoms with Crippen LogP contribution in [-0.2, 0) is 0 Å². The molecule has 6 unspecified atom stereocenters. The number of aliphatic hydroxyl groups is 2. The molecule has 0 radical (unpaired) electrons. The molecular formula is C17H26O2. The van der Waals surface area contributed by atoms with Crippen LogP contribution in [0.2, 0.25) is 0 Å². The molecule has 2 nitrogen and oxygen atoms in total. The zero-order valence-corrected chi connectivity index (χ0v) is 11.7. The second-order valence-electron chi connectivity index (χ2n) is 7.34. The first-order valence-electron chi connectivity index (χ1n) is 8.34.